The van der Waals surface area contributed by atoms with Gasteiger partial charge in [0, 0.05) is 40.1 Å². The monoisotopic (exact) mass is 1100 g/mol. The third kappa shape index (κ3) is 7.86. The molecule has 2 atom stereocenters. The summed E-state index contributed by atoms with van der Waals surface area (Å²) in [5.74, 6) is 3.30. The number of aryl methyl sites for hydroxylation is 1. The van der Waals surface area contributed by atoms with Gasteiger partial charge in [0.25, 0.3) is 0 Å². The summed E-state index contributed by atoms with van der Waals surface area (Å²) in [6, 6.07) is 51.7. The normalized spacial score (nSPS) is 18.4. The number of rotatable bonds is 10. The van der Waals surface area contributed by atoms with Crippen LogP contribution in [0.3, 0.4) is 0 Å². The molecule has 0 unspecified atom stereocenters. The summed E-state index contributed by atoms with van der Waals surface area (Å²) in [4.78, 5) is 10.9. The Balaban J connectivity index is 0.00000608. The average molecular weight is 1110 g/mol. The van der Waals surface area contributed by atoms with Crippen LogP contribution in [0.15, 0.2) is 133 Å². The first kappa shape index (κ1) is 49.2. The van der Waals surface area contributed by atoms with Gasteiger partial charge in [0.1, 0.15) is 22.9 Å². The van der Waals surface area contributed by atoms with Gasteiger partial charge in [-0.2, -0.15) is 6.07 Å². The van der Waals surface area contributed by atoms with Gasteiger partial charge in [0.2, 0.25) is 0 Å². The Kier molecular flexibility index (Phi) is 12.5. The second-order valence-corrected chi connectivity index (χ2v) is 22.6. The zero-order valence-corrected chi connectivity index (χ0v) is 45.7. The van der Waals surface area contributed by atoms with Crippen molar-refractivity contribution in [2.24, 2.45) is 10.9 Å². The molecule has 0 N–H and O–H groups in total. The Morgan fingerprint density at radius 3 is 1.90 bits per heavy atom. The molecule has 0 spiro atoms. The van der Waals surface area contributed by atoms with E-state index in [1.54, 1.807) is 0 Å². The second kappa shape index (κ2) is 17.8. The molecule has 10 rings (SSSR count). The minimum atomic E-state index is -0.707. The van der Waals surface area contributed by atoms with E-state index >= 15 is 0 Å². The van der Waals surface area contributed by atoms with Crippen LogP contribution in [-0.4, -0.2) is 26.6 Å². The first-order valence-electron chi connectivity index (χ1n) is 25.0. The van der Waals surface area contributed by atoms with Gasteiger partial charge in [-0.05, 0) is 87.4 Å². The van der Waals surface area contributed by atoms with Gasteiger partial charge >= 0.3 is 21.1 Å². The van der Waals surface area contributed by atoms with Crippen LogP contribution in [0.4, 0.5) is 0 Å². The first-order valence-corrected chi connectivity index (χ1v) is 25.0. The molecule has 0 saturated heterocycles. The molecule has 2 aliphatic rings. The van der Waals surface area contributed by atoms with Crippen molar-refractivity contribution in [3.63, 3.8) is 0 Å². The van der Waals surface area contributed by atoms with E-state index in [1.165, 1.54) is 55.4 Å². The van der Waals surface area contributed by atoms with E-state index in [4.69, 9.17) is 19.5 Å². The number of pyridine rings is 1. The van der Waals surface area contributed by atoms with Crippen molar-refractivity contribution in [3.8, 4) is 28.4 Å². The predicted octanol–water partition coefficient (Wildman–Crippen LogP) is 16.5. The van der Waals surface area contributed by atoms with Gasteiger partial charge in [0.15, 0.2) is 0 Å². The fourth-order valence-corrected chi connectivity index (χ4v) is 11.4. The van der Waals surface area contributed by atoms with Crippen molar-refractivity contribution in [2.45, 2.75) is 137 Å². The minimum Gasteiger partial charge on any atom is -0.511 e. The molecule has 0 amide bonds. The molecule has 0 fully saturated rings. The Hall–Kier alpha value is -5.77. The molecular weight excluding hydrogens is 1040 g/mol. The fourth-order valence-electron chi connectivity index (χ4n) is 11.4. The van der Waals surface area contributed by atoms with Gasteiger partial charge in [-0.25, -0.2) is 4.98 Å². The Morgan fingerprint density at radius 1 is 0.686 bits per heavy atom. The largest absolute Gasteiger partial charge is 2.00 e. The van der Waals surface area contributed by atoms with E-state index in [2.05, 4.69) is 235 Å². The quantitative estimate of drug-likeness (QED) is 0.128. The van der Waals surface area contributed by atoms with Crippen LogP contribution in [0.25, 0.3) is 38.8 Å². The third-order valence-electron chi connectivity index (χ3n) is 15.8. The standard InChI is InChI=1S/C64H67N3O2.Pt/c1-38(2)48-27-21-28-49(39(3)4)56(48)44-32-45(60-66-63(13,64(14,69-60)40(5)6)57(42-23-17-15-18-24-42)43-25-19-16-20-26-43)34-47(33-44)68-55-37-54-50(31-41(55)7)51-35-46(61(8,9)10)36-53-58(51)67(54)59-52(62(53,11)12)29-22-30-65-59;/h15-33,35-36,38-40,57H,1-14H3;/q-2;+2/t63-,64-;/m1./s1. The zero-order valence-electron chi connectivity index (χ0n) is 43.4. The average Bonchev–Trinajstić information content (AvgIpc) is 3.79. The Morgan fingerprint density at radius 2 is 1.31 bits per heavy atom. The molecule has 5 nitrogen and oxygen atoms in total. The van der Waals surface area contributed by atoms with Gasteiger partial charge in [-0.15, -0.1) is 23.1 Å². The van der Waals surface area contributed by atoms with Crippen molar-refractivity contribution < 1.29 is 30.5 Å². The van der Waals surface area contributed by atoms with Crippen molar-refractivity contribution in [1.29, 1.82) is 0 Å². The van der Waals surface area contributed by atoms with Gasteiger partial charge in [-0.1, -0.05) is 209 Å². The Bertz CT molecular complexity index is 3250. The SMILES string of the molecule is Cc1cc2c3cc(C(C)(C)C)cc4c3n(c2[c-]c1Oc1[c-]c(C2=N[C@](C)(C(c3ccccc3)c3ccccc3)[C@@](C)(C(C)C)O2)cc(-c2c(C(C)C)cccc2C(C)C)c1)-c1ncccc1C4(C)C.[Pt+2]. The fraction of sp³-hybridized carbons (Fsp3) is 0.344. The van der Waals surface area contributed by atoms with Crippen molar-refractivity contribution in [1.82, 2.24) is 9.55 Å². The number of aliphatic imine (C=N–C) groups is 1. The molecular formula is C64H67N3O2Pt. The number of fused-ring (bicyclic) bond motifs is 5. The minimum absolute atomic E-state index is 0. The number of benzene rings is 6. The summed E-state index contributed by atoms with van der Waals surface area (Å²) in [5, 5.41) is 2.34. The van der Waals surface area contributed by atoms with Gasteiger partial charge < -0.3 is 14.0 Å². The second-order valence-electron chi connectivity index (χ2n) is 22.6. The molecule has 360 valence electrons. The maximum Gasteiger partial charge on any atom is 2.00 e. The summed E-state index contributed by atoms with van der Waals surface area (Å²) in [6.07, 6.45) is 1.90. The van der Waals surface area contributed by atoms with Crippen LogP contribution in [0.1, 0.15) is 158 Å². The van der Waals surface area contributed by atoms with Crippen LogP contribution in [0.5, 0.6) is 11.5 Å². The zero-order chi connectivity index (χ0) is 48.9. The first-order chi connectivity index (χ1) is 32.7. The number of nitrogens with zero attached hydrogens (tertiary/aromatic N) is 3. The summed E-state index contributed by atoms with van der Waals surface area (Å²) >= 11 is 0. The van der Waals surface area contributed by atoms with E-state index in [1.807, 2.05) is 6.20 Å². The van der Waals surface area contributed by atoms with Crippen LogP contribution in [0, 0.1) is 25.0 Å². The van der Waals surface area contributed by atoms with E-state index in [9.17, 15) is 0 Å². The van der Waals surface area contributed by atoms with E-state index in [-0.39, 0.29) is 55.6 Å². The molecule has 0 aliphatic carbocycles. The van der Waals surface area contributed by atoms with Crippen LogP contribution in [-0.2, 0) is 36.6 Å². The van der Waals surface area contributed by atoms with Crippen LogP contribution in [0.2, 0.25) is 0 Å². The number of hydrogen-bond acceptors (Lipinski definition) is 4. The maximum absolute atomic E-state index is 7.38. The molecule has 6 aromatic carbocycles. The van der Waals surface area contributed by atoms with E-state index in [0.29, 0.717) is 17.4 Å². The summed E-state index contributed by atoms with van der Waals surface area (Å²) in [6.45, 7) is 31.8. The van der Waals surface area contributed by atoms with Crippen LogP contribution < -0.4 is 4.74 Å². The Labute approximate surface area is 431 Å². The van der Waals surface area contributed by atoms with Crippen LogP contribution >= 0.6 is 0 Å². The number of ether oxygens (including phenoxy) is 2. The topological polar surface area (TPSA) is 48.6 Å². The molecule has 70 heavy (non-hydrogen) atoms. The summed E-state index contributed by atoms with van der Waals surface area (Å²) < 4.78 is 16.9. The van der Waals surface area contributed by atoms with Crippen molar-refractivity contribution >= 4 is 27.7 Å². The van der Waals surface area contributed by atoms with Crippen molar-refractivity contribution in [2.75, 3.05) is 0 Å². The third-order valence-corrected chi connectivity index (χ3v) is 15.8. The van der Waals surface area contributed by atoms with Gasteiger partial charge in [-0.3, -0.25) is 4.99 Å². The molecule has 8 aromatic rings. The smallest absolute Gasteiger partial charge is 0.511 e. The summed E-state index contributed by atoms with van der Waals surface area (Å²) in [5.41, 5.74) is 13.2. The molecule has 0 radical (unpaired) electrons. The van der Waals surface area contributed by atoms with E-state index in [0.717, 1.165) is 33.4 Å². The number of hydrogen-bond donors (Lipinski definition) is 0. The predicted molar refractivity (Wildman–Crippen MR) is 286 cm³/mol. The maximum atomic E-state index is 7.38. The molecule has 2 aromatic heterocycles. The molecule has 2 aliphatic heterocycles. The molecule has 0 saturated carbocycles. The molecule has 4 heterocycles. The van der Waals surface area contributed by atoms with E-state index < -0.39 is 11.1 Å². The summed E-state index contributed by atoms with van der Waals surface area (Å²) in [7, 11) is 0. The number of aromatic nitrogens is 2. The molecule has 0 bridgehead atoms. The van der Waals surface area contributed by atoms with Gasteiger partial charge in [0.05, 0.1) is 0 Å². The van der Waals surface area contributed by atoms with Crippen molar-refractivity contribution in [3.05, 3.63) is 190 Å². The molecule has 6 heteroatoms.